The maximum absolute atomic E-state index is 12.6. The molecule has 2 aromatic heterocycles. The second kappa shape index (κ2) is 7.03. The number of nitrogens with zero attached hydrogens (tertiary/aromatic N) is 3. The number of carbonyl (C=O) groups is 1. The SMILES string of the molecule is O=C(CCc1nc(-c2ccsc2)no1)N(C[C@H]1CCOC1)C1CC1. The third kappa shape index (κ3) is 3.67. The number of rotatable bonds is 7. The van der Waals surface area contributed by atoms with Crippen LogP contribution in [0, 0.1) is 5.92 Å². The van der Waals surface area contributed by atoms with E-state index in [-0.39, 0.29) is 5.91 Å². The Morgan fingerprint density at radius 3 is 3.00 bits per heavy atom. The second-order valence-electron chi connectivity index (χ2n) is 6.53. The minimum absolute atomic E-state index is 0.194. The van der Waals surface area contributed by atoms with E-state index in [4.69, 9.17) is 9.26 Å². The highest BCUT2D eigenvalue weighted by atomic mass is 32.1. The molecule has 0 radical (unpaired) electrons. The first-order chi connectivity index (χ1) is 11.8. The molecule has 1 atom stereocenters. The molecule has 0 aromatic carbocycles. The smallest absolute Gasteiger partial charge is 0.227 e. The Morgan fingerprint density at radius 2 is 2.29 bits per heavy atom. The van der Waals surface area contributed by atoms with Crippen molar-refractivity contribution >= 4 is 17.2 Å². The minimum Gasteiger partial charge on any atom is -0.381 e. The van der Waals surface area contributed by atoms with E-state index in [2.05, 4.69) is 15.0 Å². The van der Waals surface area contributed by atoms with Crippen molar-refractivity contribution in [3.8, 4) is 11.4 Å². The van der Waals surface area contributed by atoms with Crippen LogP contribution in [0.2, 0.25) is 0 Å². The fraction of sp³-hybridized carbons (Fsp3) is 0.588. The molecular formula is C17H21N3O3S. The minimum atomic E-state index is 0.194. The van der Waals surface area contributed by atoms with Crippen LogP contribution in [0.5, 0.6) is 0 Å². The first-order valence-electron chi connectivity index (χ1n) is 8.52. The normalized spacial score (nSPS) is 20.4. The quantitative estimate of drug-likeness (QED) is 0.770. The molecule has 1 saturated carbocycles. The first-order valence-corrected chi connectivity index (χ1v) is 9.46. The van der Waals surface area contributed by atoms with E-state index in [9.17, 15) is 4.79 Å². The first kappa shape index (κ1) is 15.8. The Balaban J connectivity index is 1.33. The van der Waals surface area contributed by atoms with Crippen molar-refractivity contribution in [2.75, 3.05) is 19.8 Å². The number of hydrogen-bond donors (Lipinski definition) is 0. The van der Waals surface area contributed by atoms with E-state index in [0.717, 1.165) is 44.6 Å². The molecule has 3 heterocycles. The predicted octanol–water partition coefficient (Wildman–Crippen LogP) is 2.76. The van der Waals surface area contributed by atoms with Gasteiger partial charge in [0.1, 0.15) is 0 Å². The highest BCUT2D eigenvalue weighted by Gasteiger charge is 2.34. The standard InChI is InChI=1S/C17H21N3O3S/c21-16(20(14-1-2-14)9-12-5-7-22-10-12)4-3-15-18-17(19-23-15)13-6-8-24-11-13/h6,8,11-12,14H,1-5,7,9-10H2/t12-/m1/s1. The van der Waals surface area contributed by atoms with E-state index in [1.807, 2.05) is 16.8 Å². The van der Waals surface area contributed by atoms with Gasteiger partial charge < -0.3 is 14.2 Å². The zero-order valence-electron chi connectivity index (χ0n) is 13.5. The van der Waals surface area contributed by atoms with Gasteiger partial charge in [-0.05, 0) is 30.7 Å². The molecule has 128 valence electrons. The summed E-state index contributed by atoms with van der Waals surface area (Å²) in [5.74, 6) is 1.81. The van der Waals surface area contributed by atoms with Crippen molar-refractivity contribution in [1.29, 1.82) is 0 Å². The van der Waals surface area contributed by atoms with Gasteiger partial charge in [-0.3, -0.25) is 4.79 Å². The molecule has 1 aliphatic carbocycles. The lowest BCUT2D eigenvalue weighted by atomic mass is 10.1. The van der Waals surface area contributed by atoms with Crippen molar-refractivity contribution in [2.45, 2.75) is 38.1 Å². The van der Waals surface area contributed by atoms with E-state index in [1.165, 1.54) is 0 Å². The average molecular weight is 347 g/mol. The molecule has 0 bridgehead atoms. The zero-order valence-corrected chi connectivity index (χ0v) is 14.3. The summed E-state index contributed by atoms with van der Waals surface area (Å²) in [4.78, 5) is 19.1. The molecule has 1 saturated heterocycles. The van der Waals surface area contributed by atoms with Gasteiger partial charge in [-0.25, -0.2) is 0 Å². The highest BCUT2D eigenvalue weighted by Crippen LogP contribution is 2.29. The van der Waals surface area contributed by atoms with Gasteiger partial charge in [0, 0.05) is 48.9 Å². The lowest BCUT2D eigenvalue weighted by molar-refractivity contribution is -0.132. The number of thiophene rings is 1. The molecule has 2 aliphatic rings. The molecule has 1 amide bonds. The van der Waals surface area contributed by atoms with Crippen LogP contribution in [0.3, 0.4) is 0 Å². The maximum atomic E-state index is 12.6. The Hall–Kier alpha value is -1.73. The van der Waals surface area contributed by atoms with Crippen molar-refractivity contribution < 1.29 is 14.1 Å². The Kier molecular flexibility index (Phi) is 4.62. The summed E-state index contributed by atoms with van der Waals surface area (Å²) < 4.78 is 10.7. The van der Waals surface area contributed by atoms with E-state index >= 15 is 0 Å². The number of carbonyl (C=O) groups excluding carboxylic acids is 1. The van der Waals surface area contributed by atoms with Crippen LogP contribution in [-0.2, 0) is 16.0 Å². The Bertz CT molecular complexity index is 675. The molecule has 2 fully saturated rings. The van der Waals surface area contributed by atoms with Crippen LogP contribution in [0.25, 0.3) is 11.4 Å². The zero-order chi connectivity index (χ0) is 16.4. The van der Waals surface area contributed by atoms with Gasteiger partial charge in [0.25, 0.3) is 0 Å². The van der Waals surface area contributed by atoms with Gasteiger partial charge >= 0.3 is 0 Å². The summed E-state index contributed by atoms with van der Waals surface area (Å²) in [5, 5.41) is 7.96. The molecule has 4 rings (SSSR count). The molecule has 0 unspecified atom stereocenters. The lowest BCUT2D eigenvalue weighted by Gasteiger charge is -2.25. The van der Waals surface area contributed by atoms with Crippen LogP contribution in [-0.4, -0.2) is 46.7 Å². The molecular weight excluding hydrogens is 326 g/mol. The fourth-order valence-electron chi connectivity index (χ4n) is 3.07. The fourth-order valence-corrected chi connectivity index (χ4v) is 3.70. The lowest BCUT2D eigenvalue weighted by Crippen LogP contribution is -2.37. The van der Waals surface area contributed by atoms with E-state index in [1.54, 1.807) is 11.3 Å². The number of amides is 1. The summed E-state index contributed by atoms with van der Waals surface area (Å²) in [7, 11) is 0. The van der Waals surface area contributed by atoms with Crippen molar-refractivity contribution in [2.24, 2.45) is 5.92 Å². The molecule has 0 N–H and O–H groups in total. The van der Waals surface area contributed by atoms with Gasteiger partial charge in [0.05, 0.1) is 6.61 Å². The van der Waals surface area contributed by atoms with Crippen molar-refractivity contribution in [1.82, 2.24) is 15.0 Å². The van der Waals surface area contributed by atoms with Crippen LogP contribution < -0.4 is 0 Å². The van der Waals surface area contributed by atoms with Crippen LogP contribution in [0.1, 0.15) is 31.6 Å². The number of aromatic nitrogens is 2. The molecule has 6 nitrogen and oxygen atoms in total. The molecule has 7 heteroatoms. The van der Waals surface area contributed by atoms with Crippen LogP contribution in [0.4, 0.5) is 0 Å². The molecule has 2 aromatic rings. The Morgan fingerprint density at radius 1 is 1.38 bits per heavy atom. The summed E-state index contributed by atoms with van der Waals surface area (Å²) in [6, 6.07) is 2.39. The highest BCUT2D eigenvalue weighted by molar-refractivity contribution is 7.08. The summed E-state index contributed by atoms with van der Waals surface area (Å²) >= 11 is 1.60. The van der Waals surface area contributed by atoms with Gasteiger partial charge in [-0.2, -0.15) is 16.3 Å². The maximum Gasteiger partial charge on any atom is 0.227 e. The molecule has 1 aliphatic heterocycles. The average Bonchev–Trinajstić information content (AvgIpc) is 3.06. The number of aryl methyl sites for hydroxylation is 1. The molecule has 0 spiro atoms. The van der Waals surface area contributed by atoms with Gasteiger partial charge in [0.15, 0.2) is 0 Å². The van der Waals surface area contributed by atoms with Gasteiger partial charge in [-0.1, -0.05) is 5.16 Å². The summed E-state index contributed by atoms with van der Waals surface area (Å²) in [6.45, 7) is 2.43. The third-order valence-corrected chi connectivity index (χ3v) is 5.27. The van der Waals surface area contributed by atoms with Gasteiger partial charge in [-0.15, -0.1) is 0 Å². The topological polar surface area (TPSA) is 68.5 Å². The van der Waals surface area contributed by atoms with Crippen LogP contribution in [0.15, 0.2) is 21.3 Å². The van der Waals surface area contributed by atoms with E-state index < -0.39 is 0 Å². The third-order valence-electron chi connectivity index (χ3n) is 4.59. The largest absolute Gasteiger partial charge is 0.381 e. The number of ether oxygens (including phenoxy) is 1. The molecule has 24 heavy (non-hydrogen) atoms. The monoisotopic (exact) mass is 347 g/mol. The summed E-state index contributed by atoms with van der Waals surface area (Å²) in [6.07, 6.45) is 4.24. The van der Waals surface area contributed by atoms with E-state index in [0.29, 0.717) is 36.5 Å². The van der Waals surface area contributed by atoms with Crippen molar-refractivity contribution in [3.63, 3.8) is 0 Å². The summed E-state index contributed by atoms with van der Waals surface area (Å²) in [5.41, 5.74) is 0.960. The van der Waals surface area contributed by atoms with Crippen molar-refractivity contribution in [3.05, 3.63) is 22.7 Å². The number of hydrogen-bond acceptors (Lipinski definition) is 6. The van der Waals surface area contributed by atoms with Crippen LogP contribution >= 0.6 is 11.3 Å². The Labute approximate surface area is 144 Å². The second-order valence-corrected chi connectivity index (χ2v) is 7.31. The predicted molar refractivity (Wildman–Crippen MR) is 89.6 cm³/mol. The van der Waals surface area contributed by atoms with Gasteiger partial charge in [0.2, 0.25) is 17.6 Å².